The summed E-state index contributed by atoms with van der Waals surface area (Å²) in [5, 5.41) is 2.95. The van der Waals surface area contributed by atoms with Gasteiger partial charge in [-0.25, -0.2) is 0 Å². The van der Waals surface area contributed by atoms with Gasteiger partial charge in [-0.15, -0.1) is 0 Å². The maximum atomic E-state index is 13.8. The summed E-state index contributed by atoms with van der Waals surface area (Å²) in [4.78, 5) is 32.9. The molecule has 0 saturated heterocycles. The van der Waals surface area contributed by atoms with Gasteiger partial charge in [0.2, 0.25) is 17.4 Å². The van der Waals surface area contributed by atoms with Crippen molar-refractivity contribution >= 4 is 17.7 Å². The number of nitrogens with zero attached hydrogens (tertiary/aromatic N) is 2. The van der Waals surface area contributed by atoms with Crippen LogP contribution in [-0.4, -0.2) is 41.4 Å². The number of hydrogen-bond donors (Lipinski definition) is 1. The third-order valence-corrected chi connectivity index (χ3v) is 5.27. The van der Waals surface area contributed by atoms with Crippen molar-refractivity contribution in [2.45, 2.75) is 31.9 Å². The third kappa shape index (κ3) is 3.07. The van der Waals surface area contributed by atoms with Crippen molar-refractivity contribution in [2.75, 3.05) is 7.11 Å². The summed E-state index contributed by atoms with van der Waals surface area (Å²) in [5.41, 5.74) is 0.0239. The van der Waals surface area contributed by atoms with Crippen LogP contribution in [0.5, 0.6) is 0 Å². The molecule has 0 aliphatic carbocycles. The fourth-order valence-corrected chi connectivity index (χ4v) is 3.73. The van der Waals surface area contributed by atoms with Gasteiger partial charge in [0.15, 0.2) is 5.82 Å². The van der Waals surface area contributed by atoms with E-state index in [4.69, 9.17) is 9.47 Å². The number of hydrogen-bond acceptors (Lipinski definition) is 5. The van der Waals surface area contributed by atoms with Crippen LogP contribution in [-0.2, 0) is 25.5 Å². The minimum absolute atomic E-state index is 0.0433. The molecular formula is C22H23N3O4. The van der Waals surface area contributed by atoms with Gasteiger partial charge >= 0.3 is 0 Å². The third-order valence-electron chi connectivity index (χ3n) is 5.27. The second-order valence-electron chi connectivity index (χ2n) is 7.42. The Bertz CT molecular complexity index is 962. The van der Waals surface area contributed by atoms with Crippen LogP contribution in [0.3, 0.4) is 0 Å². The standard InChI is InChI=1S/C22H23N3O4/c1-14(2)17-18-24-20-22(28-3,11-7-8-12-29-20)21(27)25(18)16(19(26)23-17)13-15-9-5-4-6-10-15/h4-12,14,16H,13H2,1-3H3,(H,23,26). The molecule has 7 heteroatoms. The van der Waals surface area contributed by atoms with E-state index in [1.54, 1.807) is 18.2 Å². The molecule has 0 aromatic heterocycles. The van der Waals surface area contributed by atoms with Crippen LogP contribution >= 0.6 is 0 Å². The highest BCUT2D eigenvalue weighted by atomic mass is 16.5. The number of allylic oxidation sites excluding steroid dienone is 3. The molecule has 150 valence electrons. The quantitative estimate of drug-likeness (QED) is 0.851. The normalized spacial score (nSPS) is 25.9. The SMILES string of the molecule is COC12C=CC=COC1=NC1=C(C(C)C)NC(=O)C(Cc3ccccc3)N1C2=O. The van der Waals surface area contributed by atoms with E-state index in [0.29, 0.717) is 17.9 Å². The second-order valence-corrected chi connectivity index (χ2v) is 7.42. The average Bonchev–Trinajstić information content (AvgIpc) is 2.93. The molecule has 4 rings (SSSR count). The van der Waals surface area contributed by atoms with Crippen LogP contribution < -0.4 is 5.32 Å². The molecule has 0 bridgehead atoms. The van der Waals surface area contributed by atoms with E-state index in [2.05, 4.69) is 10.3 Å². The first kappa shape index (κ1) is 19.1. The molecule has 1 N–H and O–H groups in total. The van der Waals surface area contributed by atoms with Gasteiger partial charge in [0, 0.05) is 13.5 Å². The average molecular weight is 393 g/mol. The number of carbonyl (C=O) groups excluding carboxylic acids is 2. The summed E-state index contributed by atoms with van der Waals surface area (Å²) < 4.78 is 11.2. The molecule has 0 spiro atoms. The zero-order valence-electron chi connectivity index (χ0n) is 16.6. The molecule has 0 saturated carbocycles. The minimum Gasteiger partial charge on any atom is -0.447 e. The van der Waals surface area contributed by atoms with Crippen LogP contribution in [0.15, 0.2) is 71.3 Å². The van der Waals surface area contributed by atoms with Crippen LogP contribution in [0.1, 0.15) is 19.4 Å². The van der Waals surface area contributed by atoms with E-state index in [-0.39, 0.29) is 17.7 Å². The van der Waals surface area contributed by atoms with Gasteiger partial charge in [-0.3, -0.25) is 14.5 Å². The molecule has 2 atom stereocenters. The number of ether oxygens (including phenoxy) is 2. The summed E-state index contributed by atoms with van der Waals surface area (Å²) in [7, 11) is 1.43. The monoisotopic (exact) mass is 393 g/mol. The summed E-state index contributed by atoms with van der Waals surface area (Å²) >= 11 is 0. The molecule has 0 radical (unpaired) electrons. The Hall–Kier alpha value is -3.19. The number of fused-ring (bicyclic) bond motifs is 2. The maximum Gasteiger partial charge on any atom is 0.275 e. The number of benzene rings is 1. The van der Waals surface area contributed by atoms with Gasteiger partial charge in [-0.2, -0.15) is 4.99 Å². The first-order valence-corrected chi connectivity index (χ1v) is 9.56. The number of rotatable bonds is 4. The van der Waals surface area contributed by atoms with Crippen molar-refractivity contribution in [3.8, 4) is 0 Å². The van der Waals surface area contributed by atoms with E-state index < -0.39 is 17.6 Å². The van der Waals surface area contributed by atoms with Crippen molar-refractivity contribution in [3.05, 3.63) is 71.9 Å². The van der Waals surface area contributed by atoms with Crippen molar-refractivity contribution in [1.82, 2.24) is 10.2 Å². The molecule has 2 amide bonds. The Balaban J connectivity index is 1.88. The molecule has 3 aliphatic heterocycles. The summed E-state index contributed by atoms with van der Waals surface area (Å²) in [6, 6.07) is 8.85. The van der Waals surface area contributed by atoms with Crippen LogP contribution in [0.25, 0.3) is 0 Å². The summed E-state index contributed by atoms with van der Waals surface area (Å²) in [6.45, 7) is 3.88. The Morgan fingerprint density at radius 2 is 2.00 bits per heavy atom. The predicted molar refractivity (Wildman–Crippen MR) is 107 cm³/mol. The lowest BCUT2D eigenvalue weighted by molar-refractivity contribution is -0.150. The summed E-state index contributed by atoms with van der Waals surface area (Å²) in [6.07, 6.45) is 6.77. The zero-order chi connectivity index (χ0) is 20.6. The summed E-state index contributed by atoms with van der Waals surface area (Å²) in [5.74, 6) is -0.144. The fraction of sp³-hybridized carbons (Fsp3) is 0.318. The molecule has 1 aromatic carbocycles. The van der Waals surface area contributed by atoms with E-state index in [0.717, 1.165) is 5.56 Å². The van der Waals surface area contributed by atoms with Crippen LogP contribution in [0.2, 0.25) is 0 Å². The molecular weight excluding hydrogens is 370 g/mol. The number of methoxy groups -OCH3 is 1. The Morgan fingerprint density at radius 3 is 2.69 bits per heavy atom. The lowest BCUT2D eigenvalue weighted by atomic mass is 9.92. The number of nitrogens with one attached hydrogen (secondary N) is 1. The lowest BCUT2D eigenvalue weighted by Crippen LogP contribution is -2.65. The van der Waals surface area contributed by atoms with Crippen molar-refractivity contribution in [2.24, 2.45) is 10.9 Å². The fourth-order valence-electron chi connectivity index (χ4n) is 3.73. The first-order valence-electron chi connectivity index (χ1n) is 9.56. The van der Waals surface area contributed by atoms with Crippen molar-refractivity contribution in [3.63, 3.8) is 0 Å². The van der Waals surface area contributed by atoms with Gasteiger partial charge in [0.1, 0.15) is 6.04 Å². The molecule has 3 heterocycles. The van der Waals surface area contributed by atoms with E-state index >= 15 is 0 Å². The van der Waals surface area contributed by atoms with Crippen LogP contribution in [0, 0.1) is 5.92 Å². The Morgan fingerprint density at radius 1 is 1.24 bits per heavy atom. The van der Waals surface area contributed by atoms with Gasteiger partial charge in [-0.05, 0) is 23.6 Å². The lowest BCUT2D eigenvalue weighted by Gasteiger charge is -2.44. The molecule has 29 heavy (non-hydrogen) atoms. The molecule has 1 aromatic rings. The van der Waals surface area contributed by atoms with Gasteiger partial charge < -0.3 is 14.8 Å². The first-order chi connectivity index (χ1) is 14.0. The van der Waals surface area contributed by atoms with Gasteiger partial charge in [-0.1, -0.05) is 50.3 Å². The second kappa shape index (κ2) is 7.33. The molecule has 7 nitrogen and oxygen atoms in total. The highest BCUT2D eigenvalue weighted by Crippen LogP contribution is 2.36. The highest BCUT2D eigenvalue weighted by molar-refractivity contribution is 6.15. The largest absolute Gasteiger partial charge is 0.447 e. The van der Waals surface area contributed by atoms with E-state index in [1.807, 2.05) is 44.2 Å². The van der Waals surface area contributed by atoms with Gasteiger partial charge in [0.05, 0.1) is 12.0 Å². The number of aliphatic imine (C=N–C) groups is 1. The topological polar surface area (TPSA) is 80.2 Å². The van der Waals surface area contributed by atoms with Crippen molar-refractivity contribution < 1.29 is 19.1 Å². The maximum absolute atomic E-state index is 13.8. The number of amides is 2. The Labute approximate surface area is 169 Å². The Kier molecular flexibility index (Phi) is 4.84. The number of carbonyl (C=O) groups is 2. The molecule has 0 fully saturated rings. The van der Waals surface area contributed by atoms with Gasteiger partial charge in [0.25, 0.3) is 5.91 Å². The smallest absolute Gasteiger partial charge is 0.275 e. The van der Waals surface area contributed by atoms with E-state index in [1.165, 1.54) is 18.3 Å². The minimum atomic E-state index is -1.51. The molecule has 3 aliphatic rings. The predicted octanol–water partition coefficient (Wildman–Crippen LogP) is 2.28. The highest BCUT2D eigenvalue weighted by Gasteiger charge is 2.55. The zero-order valence-corrected chi connectivity index (χ0v) is 16.6. The molecule has 2 unspecified atom stereocenters. The van der Waals surface area contributed by atoms with E-state index in [9.17, 15) is 9.59 Å². The van der Waals surface area contributed by atoms with Crippen molar-refractivity contribution in [1.29, 1.82) is 0 Å². The van der Waals surface area contributed by atoms with Crippen LogP contribution in [0.4, 0.5) is 0 Å².